The number of carboxylic acids is 1. The number of carboxylic acid groups (broad SMARTS) is 1. The molecule has 2 amide bonds. The highest BCUT2D eigenvalue weighted by Crippen LogP contribution is 1.98. The average molecular weight is 246 g/mol. The third-order valence-corrected chi connectivity index (χ3v) is 1.91. The van der Waals surface area contributed by atoms with Gasteiger partial charge < -0.3 is 20.5 Å². The summed E-state index contributed by atoms with van der Waals surface area (Å²) in [6, 6.07) is 0. The smallest absolute Gasteiger partial charge is 0.323 e. The Balaban J connectivity index is 4.12. The van der Waals surface area contributed by atoms with E-state index < -0.39 is 24.3 Å². The van der Waals surface area contributed by atoms with E-state index in [2.05, 4.69) is 0 Å². The van der Waals surface area contributed by atoms with Gasteiger partial charge in [0.1, 0.15) is 6.54 Å². The summed E-state index contributed by atoms with van der Waals surface area (Å²) in [7, 11) is 0. The number of amides is 2. The fourth-order valence-electron chi connectivity index (χ4n) is 1.21. The van der Waals surface area contributed by atoms with E-state index in [4.69, 9.17) is 15.6 Å². The molecule has 0 spiro atoms. The van der Waals surface area contributed by atoms with Gasteiger partial charge in [-0.05, 0) is 13.3 Å². The van der Waals surface area contributed by atoms with E-state index in [1.807, 2.05) is 6.92 Å². The first-order chi connectivity index (χ1) is 7.97. The minimum atomic E-state index is -1.18. The van der Waals surface area contributed by atoms with E-state index in [0.29, 0.717) is 19.6 Å². The summed E-state index contributed by atoms with van der Waals surface area (Å²) in [4.78, 5) is 33.7. The van der Waals surface area contributed by atoms with Crippen molar-refractivity contribution in [3.8, 4) is 0 Å². The molecule has 0 aliphatic rings. The molecule has 98 valence electrons. The van der Waals surface area contributed by atoms with Gasteiger partial charge >= 0.3 is 5.97 Å². The minimum Gasteiger partial charge on any atom is -0.480 e. The maximum Gasteiger partial charge on any atom is 0.323 e. The molecule has 0 saturated carbocycles. The van der Waals surface area contributed by atoms with Gasteiger partial charge in [-0.15, -0.1) is 0 Å². The molecule has 17 heavy (non-hydrogen) atoms. The predicted octanol–water partition coefficient (Wildman–Crippen LogP) is -0.798. The third kappa shape index (κ3) is 8.21. The molecule has 7 nitrogen and oxygen atoms in total. The van der Waals surface area contributed by atoms with Crippen LogP contribution in [0.4, 0.5) is 0 Å². The van der Waals surface area contributed by atoms with Gasteiger partial charge in [-0.2, -0.15) is 0 Å². The molecule has 0 radical (unpaired) electrons. The monoisotopic (exact) mass is 246 g/mol. The van der Waals surface area contributed by atoms with Gasteiger partial charge in [0.2, 0.25) is 11.8 Å². The quantitative estimate of drug-likeness (QED) is 0.517. The number of carbonyl (C=O) groups excluding carboxylic acids is 2. The first-order valence-electron chi connectivity index (χ1n) is 5.33. The molecule has 0 aromatic heterocycles. The van der Waals surface area contributed by atoms with Crippen molar-refractivity contribution in [3.05, 3.63) is 0 Å². The van der Waals surface area contributed by atoms with Crippen LogP contribution in [0, 0.1) is 0 Å². The van der Waals surface area contributed by atoms with Crippen LogP contribution in [0.2, 0.25) is 0 Å². The lowest BCUT2D eigenvalue weighted by Gasteiger charge is -2.18. The summed E-state index contributed by atoms with van der Waals surface area (Å²) in [5, 5.41) is 8.58. The van der Waals surface area contributed by atoms with E-state index >= 15 is 0 Å². The van der Waals surface area contributed by atoms with Crippen molar-refractivity contribution in [3.63, 3.8) is 0 Å². The van der Waals surface area contributed by atoms with Crippen molar-refractivity contribution in [2.75, 3.05) is 26.3 Å². The standard InChI is InChI=1S/C10H18N2O5/c1-2-17-5-3-4-9(14)12(6-8(11)13)7-10(15)16/h2-7H2,1H3,(H2,11,13)(H,15,16). The molecule has 0 bridgehead atoms. The van der Waals surface area contributed by atoms with Gasteiger partial charge in [0.25, 0.3) is 0 Å². The zero-order chi connectivity index (χ0) is 13.3. The topological polar surface area (TPSA) is 110 Å². The molecule has 0 aliphatic heterocycles. The Morgan fingerprint density at radius 2 is 1.94 bits per heavy atom. The van der Waals surface area contributed by atoms with Gasteiger partial charge in [0, 0.05) is 19.6 Å². The number of ether oxygens (including phenoxy) is 1. The Morgan fingerprint density at radius 1 is 1.29 bits per heavy atom. The van der Waals surface area contributed by atoms with Gasteiger partial charge in [-0.3, -0.25) is 14.4 Å². The van der Waals surface area contributed by atoms with Crippen molar-refractivity contribution >= 4 is 17.8 Å². The molecule has 0 atom stereocenters. The molecule has 0 heterocycles. The van der Waals surface area contributed by atoms with E-state index in [9.17, 15) is 14.4 Å². The first-order valence-corrected chi connectivity index (χ1v) is 5.33. The average Bonchev–Trinajstić information content (AvgIpc) is 2.22. The molecule has 0 fully saturated rings. The van der Waals surface area contributed by atoms with Crippen LogP contribution >= 0.6 is 0 Å². The highest BCUT2D eigenvalue weighted by Gasteiger charge is 2.18. The lowest BCUT2D eigenvalue weighted by Crippen LogP contribution is -2.41. The third-order valence-electron chi connectivity index (χ3n) is 1.91. The number of aliphatic carboxylic acids is 1. The van der Waals surface area contributed by atoms with Crippen LogP contribution < -0.4 is 5.73 Å². The van der Waals surface area contributed by atoms with Crippen LogP contribution in [0.15, 0.2) is 0 Å². The summed E-state index contributed by atoms with van der Waals surface area (Å²) in [6.07, 6.45) is 0.627. The Labute approximate surface area is 99.5 Å². The largest absolute Gasteiger partial charge is 0.480 e. The van der Waals surface area contributed by atoms with Crippen molar-refractivity contribution < 1.29 is 24.2 Å². The number of primary amides is 1. The second-order valence-electron chi connectivity index (χ2n) is 3.41. The summed E-state index contributed by atoms with van der Waals surface area (Å²) in [5.41, 5.74) is 4.93. The number of rotatable bonds is 9. The SMILES string of the molecule is CCOCCCC(=O)N(CC(N)=O)CC(=O)O. The first kappa shape index (κ1) is 15.4. The molecule has 0 rings (SSSR count). The highest BCUT2D eigenvalue weighted by atomic mass is 16.5. The van der Waals surface area contributed by atoms with E-state index in [-0.39, 0.29) is 13.0 Å². The number of nitrogens with zero attached hydrogens (tertiary/aromatic N) is 1. The Bertz CT molecular complexity index is 264. The highest BCUT2D eigenvalue weighted by molar-refractivity contribution is 5.86. The Hall–Kier alpha value is -1.63. The maximum atomic E-state index is 11.6. The molecular weight excluding hydrogens is 228 g/mol. The Morgan fingerprint density at radius 3 is 2.41 bits per heavy atom. The van der Waals surface area contributed by atoms with Crippen molar-refractivity contribution in [2.24, 2.45) is 5.73 Å². The van der Waals surface area contributed by atoms with Crippen molar-refractivity contribution in [1.29, 1.82) is 0 Å². The lowest BCUT2D eigenvalue weighted by molar-refractivity contribution is -0.145. The molecule has 3 N–H and O–H groups in total. The molecule has 0 saturated heterocycles. The van der Waals surface area contributed by atoms with Gasteiger partial charge in [-0.25, -0.2) is 0 Å². The van der Waals surface area contributed by atoms with Crippen LogP contribution in [0.25, 0.3) is 0 Å². The van der Waals surface area contributed by atoms with Crippen LogP contribution in [0.1, 0.15) is 19.8 Å². The summed E-state index contributed by atoms with van der Waals surface area (Å²) in [6.45, 7) is 1.94. The van der Waals surface area contributed by atoms with Crippen molar-refractivity contribution in [2.45, 2.75) is 19.8 Å². The van der Waals surface area contributed by atoms with Crippen LogP contribution in [0.3, 0.4) is 0 Å². The van der Waals surface area contributed by atoms with Gasteiger partial charge in [-0.1, -0.05) is 0 Å². The van der Waals surface area contributed by atoms with Gasteiger partial charge in [0.05, 0.1) is 6.54 Å². The molecule has 0 aromatic rings. The molecule has 7 heteroatoms. The lowest BCUT2D eigenvalue weighted by atomic mass is 10.2. The Kier molecular flexibility index (Phi) is 7.70. The fourth-order valence-corrected chi connectivity index (χ4v) is 1.21. The zero-order valence-corrected chi connectivity index (χ0v) is 9.85. The molecular formula is C10H18N2O5. The van der Waals surface area contributed by atoms with Crippen molar-refractivity contribution in [1.82, 2.24) is 4.90 Å². The normalized spacial score (nSPS) is 9.94. The molecule has 0 aliphatic carbocycles. The number of hydrogen-bond donors (Lipinski definition) is 2. The van der Waals surface area contributed by atoms with Gasteiger partial charge in [0.15, 0.2) is 0 Å². The summed E-state index contributed by atoms with van der Waals surface area (Å²) in [5.74, 6) is -2.32. The summed E-state index contributed by atoms with van der Waals surface area (Å²) < 4.78 is 5.05. The fraction of sp³-hybridized carbons (Fsp3) is 0.700. The minimum absolute atomic E-state index is 0.139. The number of carbonyl (C=O) groups is 3. The second-order valence-corrected chi connectivity index (χ2v) is 3.41. The summed E-state index contributed by atoms with van der Waals surface area (Å²) >= 11 is 0. The van der Waals surface area contributed by atoms with E-state index in [1.165, 1.54) is 0 Å². The maximum absolute atomic E-state index is 11.6. The van der Waals surface area contributed by atoms with E-state index in [0.717, 1.165) is 4.90 Å². The molecule has 0 unspecified atom stereocenters. The number of hydrogen-bond acceptors (Lipinski definition) is 4. The second kappa shape index (κ2) is 8.51. The number of nitrogens with two attached hydrogens (primary N) is 1. The van der Waals surface area contributed by atoms with Crippen LogP contribution in [-0.4, -0.2) is 54.1 Å². The van der Waals surface area contributed by atoms with Crippen LogP contribution in [0.5, 0.6) is 0 Å². The van der Waals surface area contributed by atoms with E-state index in [1.54, 1.807) is 0 Å². The molecule has 0 aromatic carbocycles. The zero-order valence-electron chi connectivity index (χ0n) is 9.85. The van der Waals surface area contributed by atoms with Crippen LogP contribution in [-0.2, 0) is 19.1 Å². The predicted molar refractivity (Wildman–Crippen MR) is 59.1 cm³/mol.